The minimum Gasteiger partial charge on any atom is -0.376 e. The molecule has 0 bridgehead atoms. The van der Waals surface area contributed by atoms with E-state index < -0.39 is 12.7 Å². The van der Waals surface area contributed by atoms with Crippen LogP contribution in [0.2, 0.25) is 0 Å². The summed E-state index contributed by atoms with van der Waals surface area (Å²) in [5.41, 5.74) is 1.17. The van der Waals surface area contributed by atoms with Gasteiger partial charge in [-0.25, -0.2) is 0 Å². The van der Waals surface area contributed by atoms with Gasteiger partial charge in [-0.15, -0.1) is 0 Å². The monoisotopic (exact) mass is 398 g/mol. The van der Waals surface area contributed by atoms with Crippen LogP contribution >= 0.6 is 0 Å². The molecule has 3 rings (SSSR count). The maximum Gasteiger partial charge on any atom is 0.401 e. The van der Waals surface area contributed by atoms with E-state index in [1.165, 1.54) is 10.5 Å². The van der Waals surface area contributed by atoms with Gasteiger partial charge in [0.05, 0.1) is 19.8 Å². The Labute approximate surface area is 164 Å². The fourth-order valence-corrected chi connectivity index (χ4v) is 3.91. The highest BCUT2D eigenvalue weighted by atomic mass is 19.4. The normalized spacial score (nSPS) is 24.1. The van der Waals surface area contributed by atoms with Crippen molar-refractivity contribution in [2.75, 3.05) is 46.4 Å². The van der Waals surface area contributed by atoms with E-state index in [9.17, 15) is 13.2 Å². The number of nitrogens with zero attached hydrogens (tertiary/aromatic N) is 3. The molecule has 2 saturated heterocycles. The third kappa shape index (κ3) is 6.38. The Morgan fingerprint density at radius 3 is 2.68 bits per heavy atom. The Kier molecular flexibility index (Phi) is 7.18. The number of hydrogen-bond acceptors (Lipinski definition) is 3. The fourth-order valence-electron chi connectivity index (χ4n) is 3.91. The lowest BCUT2D eigenvalue weighted by Crippen LogP contribution is -2.46. The average molecular weight is 398 g/mol. The van der Waals surface area contributed by atoms with Gasteiger partial charge in [0.2, 0.25) is 0 Å². The Hall–Kier alpha value is -1.80. The van der Waals surface area contributed by atoms with Crippen LogP contribution in [-0.2, 0) is 11.3 Å². The summed E-state index contributed by atoms with van der Waals surface area (Å²) in [6.07, 6.45) is -2.41. The zero-order valence-electron chi connectivity index (χ0n) is 16.3. The van der Waals surface area contributed by atoms with E-state index in [-0.39, 0.29) is 6.04 Å². The Morgan fingerprint density at radius 1 is 1.18 bits per heavy atom. The van der Waals surface area contributed by atoms with Crippen LogP contribution in [0.5, 0.6) is 0 Å². The van der Waals surface area contributed by atoms with Gasteiger partial charge in [0.15, 0.2) is 5.96 Å². The molecule has 0 aromatic heterocycles. The van der Waals surface area contributed by atoms with Gasteiger partial charge in [-0.1, -0.05) is 30.3 Å². The van der Waals surface area contributed by atoms with E-state index in [1.54, 1.807) is 7.05 Å². The maximum absolute atomic E-state index is 12.6. The number of likely N-dealkylation sites (tertiary alicyclic amines) is 2. The topological polar surface area (TPSA) is 40.1 Å². The predicted molar refractivity (Wildman–Crippen MR) is 103 cm³/mol. The second-order valence-corrected chi connectivity index (χ2v) is 7.63. The van der Waals surface area contributed by atoms with Gasteiger partial charge in [-0.2, -0.15) is 13.2 Å². The maximum atomic E-state index is 12.6. The van der Waals surface area contributed by atoms with Gasteiger partial charge < -0.3 is 15.0 Å². The average Bonchev–Trinajstić information content (AvgIpc) is 3.29. The molecule has 8 heteroatoms. The van der Waals surface area contributed by atoms with Gasteiger partial charge in [-0.3, -0.25) is 9.89 Å². The number of rotatable bonds is 6. The van der Waals surface area contributed by atoms with Crippen LogP contribution in [0, 0.1) is 5.92 Å². The number of nitrogens with one attached hydrogen (secondary N) is 1. The van der Waals surface area contributed by atoms with Crippen molar-refractivity contribution in [2.45, 2.75) is 31.7 Å². The molecule has 1 aromatic carbocycles. The second-order valence-electron chi connectivity index (χ2n) is 7.63. The summed E-state index contributed by atoms with van der Waals surface area (Å²) in [7, 11) is 1.73. The number of halogens is 3. The third-order valence-electron chi connectivity index (χ3n) is 5.27. The van der Waals surface area contributed by atoms with Crippen LogP contribution in [-0.4, -0.2) is 74.4 Å². The molecule has 1 aromatic rings. The number of ether oxygens (including phenoxy) is 1. The van der Waals surface area contributed by atoms with Crippen LogP contribution in [0.15, 0.2) is 35.3 Å². The van der Waals surface area contributed by atoms with Crippen LogP contribution in [0.4, 0.5) is 13.2 Å². The van der Waals surface area contributed by atoms with Crippen molar-refractivity contribution in [3.63, 3.8) is 0 Å². The second kappa shape index (κ2) is 9.60. The Balaban J connectivity index is 1.39. The van der Waals surface area contributed by atoms with E-state index in [0.29, 0.717) is 38.6 Å². The highest BCUT2D eigenvalue weighted by Gasteiger charge is 2.35. The largest absolute Gasteiger partial charge is 0.401 e. The van der Waals surface area contributed by atoms with Gasteiger partial charge in [0, 0.05) is 45.2 Å². The zero-order chi connectivity index (χ0) is 20.0. The van der Waals surface area contributed by atoms with E-state index in [4.69, 9.17) is 4.74 Å². The van der Waals surface area contributed by atoms with Crippen molar-refractivity contribution in [2.24, 2.45) is 10.9 Å². The smallest absolute Gasteiger partial charge is 0.376 e. The Bertz CT molecular complexity index is 638. The lowest BCUT2D eigenvalue weighted by atomic mass is 10.1. The number of aliphatic imine (C=N–C) groups is 1. The molecule has 2 aliphatic rings. The molecular formula is C20H29F3N4O. The van der Waals surface area contributed by atoms with Crippen LogP contribution in [0.3, 0.4) is 0 Å². The minimum atomic E-state index is -4.14. The highest BCUT2D eigenvalue weighted by Crippen LogP contribution is 2.21. The highest BCUT2D eigenvalue weighted by molar-refractivity contribution is 5.80. The summed E-state index contributed by atoms with van der Waals surface area (Å²) < 4.78 is 43.5. The van der Waals surface area contributed by atoms with Crippen molar-refractivity contribution in [1.82, 2.24) is 15.1 Å². The first-order chi connectivity index (χ1) is 13.4. The molecule has 0 radical (unpaired) electrons. The predicted octanol–water partition coefficient (Wildman–Crippen LogP) is 2.74. The first-order valence-electron chi connectivity index (χ1n) is 9.82. The molecular weight excluding hydrogens is 369 g/mol. The van der Waals surface area contributed by atoms with E-state index in [0.717, 1.165) is 25.5 Å². The van der Waals surface area contributed by atoms with Crippen molar-refractivity contribution in [3.05, 3.63) is 35.9 Å². The molecule has 1 N–H and O–H groups in total. The van der Waals surface area contributed by atoms with Gasteiger partial charge in [0.1, 0.15) is 0 Å². The summed E-state index contributed by atoms with van der Waals surface area (Å²) in [5, 5.41) is 3.35. The summed E-state index contributed by atoms with van der Waals surface area (Å²) in [6, 6.07) is 10.1. The SMILES string of the molecule is CN=C(NC1CCN(CC(F)(F)F)C1)N1CCC(COCc2ccccc2)C1. The summed E-state index contributed by atoms with van der Waals surface area (Å²) >= 11 is 0. The molecule has 2 atom stereocenters. The van der Waals surface area contributed by atoms with Crippen LogP contribution in [0.1, 0.15) is 18.4 Å². The molecule has 5 nitrogen and oxygen atoms in total. The molecule has 2 fully saturated rings. The van der Waals surface area contributed by atoms with Crippen molar-refractivity contribution < 1.29 is 17.9 Å². The summed E-state index contributed by atoms with van der Waals surface area (Å²) in [6.45, 7) is 3.08. The van der Waals surface area contributed by atoms with E-state index in [2.05, 4.69) is 27.3 Å². The summed E-state index contributed by atoms with van der Waals surface area (Å²) in [4.78, 5) is 7.98. The third-order valence-corrected chi connectivity index (χ3v) is 5.27. The molecule has 2 aliphatic heterocycles. The minimum absolute atomic E-state index is 0.00873. The van der Waals surface area contributed by atoms with Crippen molar-refractivity contribution >= 4 is 5.96 Å². The van der Waals surface area contributed by atoms with Crippen molar-refractivity contribution in [1.29, 1.82) is 0 Å². The zero-order valence-corrected chi connectivity index (χ0v) is 16.3. The molecule has 0 amide bonds. The molecule has 0 aliphatic carbocycles. The van der Waals surface area contributed by atoms with Crippen molar-refractivity contribution in [3.8, 4) is 0 Å². The molecule has 28 heavy (non-hydrogen) atoms. The lowest BCUT2D eigenvalue weighted by molar-refractivity contribution is -0.143. The standard InChI is InChI=1S/C20H29F3N4O/c1-24-19(25-18-8-9-26(12-18)15-20(21,22)23)27-10-7-17(11-27)14-28-13-16-5-3-2-4-6-16/h2-6,17-18H,7-15H2,1H3,(H,24,25). The quantitative estimate of drug-likeness (QED) is 0.591. The molecule has 0 saturated carbocycles. The van der Waals surface area contributed by atoms with Gasteiger partial charge >= 0.3 is 6.18 Å². The molecule has 2 unspecified atom stereocenters. The number of hydrogen-bond donors (Lipinski definition) is 1. The van der Waals surface area contributed by atoms with Crippen LogP contribution < -0.4 is 5.32 Å². The van der Waals surface area contributed by atoms with E-state index in [1.807, 2.05) is 18.2 Å². The molecule has 2 heterocycles. The first kappa shape index (κ1) is 20.9. The Morgan fingerprint density at radius 2 is 1.96 bits per heavy atom. The van der Waals surface area contributed by atoms with Gasteiger partial charge in [-0.05, 0) is 18.4 Å². The van der Waals surface area contributed by atoms with E-state index >= 15 is 0 Å². The first-order valence-corrected chi connectivity index (χ1v) is 9.82. The number of alkyl halides is 3. The van der Waals surface area contributed by atoms with Crippen LogP contribution in [0.25, 0.3) is 0 Å². The molecule has 156 valence electrons. The fraction of sp³-hybridized carbons (Fsp3) is 0.650. The number of benzene rings is 1. The van der Waals surface area contributed by atoms with Gasteiger partial charge in [0.25, 0.3) is 0 Å². The number of guanidine groups is 1. The summed E-state index contributed by atoms with van der Waals surface area (Å²) in [5.74, 6) is 1.22. The lowest BCUT2D eigenvalue weighted by Gasteiger charge is -2.25. The molecule has 0 spiro atoms.